The number of likely N-dealkylation sites (tertiary alicyclic amines) is 2. The van der Waals surface area contributed by atoms with E-state index in [4.69, 9.17) is 0 Å². The first kappa shape index (κ1) is 15.3. The van der Waals surface area contributed by atoms with Crippen molar-refractivity contribution < 1.29 is 4.79 Å². The third kappa shape index (κ3) is 4.18. The second kappa shape index (κ2) is 7.56. The molecule has 0 saturated carbocycles. The summed E-state index contributed by atoms with van der Waals surface area (Å²) in [5.74, 6) is 0.347. The lowest BCUT2D eigenvalue weighted by Gasteiger charge is -2.38. The smallest absolute Gasteiger partial charge is 0.223 e. The fourth-order valence-electron chi connectivity index (χ4n) is 3.97. The summed E-state index contributed by atoms with van der Waals surface area (Å²) in [7, 11) is 0. The van der Waals surface area contributed by atoms with Crippen LogP contribution in [0.5, 0.6) is 0 Å². The van der Waals surface area contributed by atoms with Crippen molar-refractivity contribution in [3.05, 3.63) is 0 Å². The van der Waals surface area contributed by atoms with Crippen molar-refractivity contribution in [3.63, 3.8) is 0 Å². The molecule has 5 nitrogen and oxygen atoms in total. The Bertz CT molecular complexity index is 337. The highest BCUT2D eigenvalue weighted by Gasteiger charge is 2.27. The van der Waals surface area contributed by atoms with Crippen molar-refractivity contribution in [2.75, 3.05) is 58.9 Å². The predicted molar refractivity (Wildman–Crippen MR) is 84.3 cm³/mol. The molecule has 1 N–H and O–H groups in total. The van der Waals surface area contributed by atoms with Gasteiger partial charge in [0.25, 0.3) is 0 Å². The molecule has 1 unspecified atom stereocenters. The Morgan fingerprint density at radius 3 is 2.52 bits per heavy atom. The molecule has 3 fully saturated rings. The van der Waals surface area contributed by atoms with Crippen LogP contribution in [-0.2, 0) is 4.79 Å². The van der Waals surface area contributed by atoms with Crippen LogP contribution < -0.4 is 5.32 Å². The summed E-state index contributed by atoms with van der Waals surface area (Å²) in [6.07, 6.45) is 6.09. The molecule has 0 bridgehead atoms. The summed E-state index contributed by atoms with van der Waals surface area (Å²) in [6.45, 7) is 9.56. The summed E-state index contributed by atoms with van der Waals surface area (Å²) >= 11 is 0. The molecule has 1 amide bonds. The van der Waals surface area contributed by atoms with Gasteiger partial charge in [0.15, 0.2) is 0 Å². The number of carbonyl (C=O) groups is 1. The van der Waals surface area contributed by atoms with E-state index in [2.05, 4.69) is 15.1 Å². The van der Waals surface area contributed by atoms with E-state index in [0.717, 1.165) is 38.8 Å². The summed E-state index contributed by atoms with van der Waals surface area (Å²) in [4.78, 5) is 19.5. The first-order valence-corrected chi connectivity index (χ1v) is 8.78. The lowest BCUT2D eigenvalue weighted by atomic mass is 10.0. The minimum atomic E-state index is 0.347. The Morgan fingerprint density at radius 2 is 1.76 bits per heavy atom. The van der Waals surface area contributed by atoms with Gasteiger partial charge < -0.3 is 15.1 Å². The first-order chi connectivity index (χ1) is 10.3. The summed E-state index contributed by atoms with van der Waals surface area (Å²) < 4.78 is 0. The molecule has 3 aliphatic heterocycles. The largest absolute Gasteiger partial charge is 0.340 e. The molecule has 3 rings (SSSR count). The lowest BCUT2D eigenvalue weighted by Crippen LogP contribution is -2.49. The molecule has 0 radical (unpaired) electrons. The number of amides is 1. The van der Waals surface area contributed by atoms with Crippen molar-refractivity contribution in [1.29, 1.82) is 0 Å². The number of carbonyl (C=O) groups excluding carboxylic acids is 1. The maximum absolute atomic E-state index is 12.2. The molecule has 21 heavy (non-hydrogen) atoms. The fourth-order valence-corrected chi connectivity index (χ4v) is 3.97. The van der Waals surface area contributed by atoms with Gasteiger partial charge in [-0.1, -0.05) is 0 Å². The maximum atomic E-state index is 12.2. The quantitative estimate of drug-likeness (QED) is 0.813. The molecule has 0 spiro atoms. The minimum Gasteiger partial charge on any atom is -0.340 e. The molecular weight excluding hydrogens is 264 g/mol. The number of hydrogen-bond acceptors (Lipinski definition) is 4. The van der Waals surface area contributed by atoms with Crippen LogP contribution in [0.2, 0.25) is 0 Å². The zero-order valence-electron chi connectivity index (χ0n) is 13.2. The lowest BCUT2D eigenvalue weighted by molar-refractivity contribution is -0.132. The molecule has 0 aromatic heterocycles. The van der Waals surface area contributed by atoms with Gasteiger partial charge in [-0.15, -0.1) is 0 Å². The normalized spacial score (nSPS) is 29.0. The van der Waals surface area contributed by atoms with Crippen molar-refractivity contribution in [3.8, 4) is 0 Å². The van der Waals surface area contributed by atoms with Crippen LogP contribution in [0.25, 0.3) is 0 Å². The Balaban J connectivity index is 1.40. The van der Waals surface area contributed by atoms with E-state index in [0.29, 0.717) is 12.3 Å². The van der Waals surface area contributed by atoms with Gasteiger partial charge in [0.2, 0.25) is 5.91 Å². The number of rotatable bonds is 4. The van der Waals surface area contributed by atoms with Crippen LogP contribution in [0.15, 0.2) is 0 Å². The SMILES string of the molecule is O=C(CCN1CCCC(N2CCCC2)C1)N1CCNCC1. The standard InChI is InChI=1S/C16H30N4O/c21-16(20-12-6-17-7-13-20)5-11-18-8-3-4-15(14-18)19-9-1-2-10-19/h15,17H,1-14H2. The number of nitrogens with zero attached hydrogens (tertiary/aromatic N) is 3. The van der Waals surface area contributed by atoms with E-state index < -0.39 is 0 Å². The average Bonchev–Trinajstić information content (AvgIpc) is 3.08. The Hall–Kier alpha value is -0.650. The third-order valence-electron chi connectivity index (χ3n) is 5.25. The van der Waals surface area contributed by atoms with E-state index in [1.54, 1.807) is 0 Å². The fraction of sp³-hybridized carbons (Fsp3) is 0.938. The van der Waals surface area contributed by atoms with E-state index >= 15 is 0 Å². The first-order valence-electron chi connectivity index (χ1n) is 8.78. The van der Waals surface area contributed by atoms with Gasteiger partial charge in [0, 0.05) is 51.7 Å². The maximum Gasteiger partial charge on any atom is 0.223 e. The van der Waals surface area contributed by atoms with Crippen LogP contribution in [0, 0.1) is 0 Å². The highest BCUT2D eigenvalue weighted by molar-refractivity contribution is 5.76. The predicted octanol–water partition coefficient (Wildman–Crippen LogP) is 0.369. The van der Waals surface area contributed by atoms with Gasteiger partial charge in [-0.3, -0.25) is 9.69 Å². The molecule has 0 aromatic carbocycles. The Kier molecular flexibility index (Phi) is 5.49. The molecular formula is C16H30N4O. The zero-order chi connectivity index (χ0) is 14.5. The zero-order valence-corrected chi connectivity index (χ0v) is 13.2. The van der Waals surface area contributed by atoms with Crippen LogP contribution in [0.4, 0.5) is 0 Å². The number of nitrogens with one attached hydrogen (secondary N) is 1. The van der Waals surface area contributed by atoms with E-state index in [1.807, 2.05) is 4.90 Å². The summed E-state index contributed by atoms with van der Waals surface area (Å²) in [5.41, 5.74) is 0. The monoisotopic (exact) mass is 294 g/mol. The van der Waals surface area contributed by atoms with Gasteiger partial charge in [-0.25, -0.2) is 0 Å². The van der Waals surface area contributed by atoms with Crippen LogP contribution in [0.3, 0.4) is 0 Å². The minimum absolute atomic E-state index is 0.347. The average molecular weight is 294 g/mol. The van der Waals surface area contributed by atoms with Crippen molar-refractivity contribution in [2.45, 2.75) is 38.1 Å². The van der Waals surface area contributed by atoms with E-state index in [9.17, 15) is 4.79 Å². The molecule has 0 aromatic rings. The Morgan fingerprint density at radius 1 is 1.00 bits per heavy atom. The number of piperazine rings is 1. The van der Waals surface area contributed by atoms with Crippen molar-refractivity contribution in [2.24, 2.45) is 0 Å². The molecule has 5 heteroatoms. The second-order valence-corrected chi connectivity index (χ2v) is 6.72. The molecule has 120 valence electrons. The van der Waals surface area contributed by atoms with Crippen molar-refractivity contribution >= 4 is 5.91 Å². The van der Waals surface area contributed by atoms with Crippen molar-refractivity contribution in [1.82, 2.24) is 20.0 Å². The van der Waals surface area contributed by atoms with Gasteiger partial charge in [0.05, 0.1) is 0 Å². The molecule has 3 saturated heterocycles. The summed E-state index contributed by atoms with van der Waals surface area (Å²) in [6, 6.07) is 0.746. The molecule has 3 heterocycles. The highest BCUT2D eigenvalue weighted by Crippen LogP contribution is 2.20. The van der Waals surface area contributed by atoms with Gasteiger partial charge >= 0.3 is 0 Å². The Labute approximate surface area is 128 Å². The second-order valence-electron chi connectivity index (χ2n) is 6.72. The number of hydrogen-bond donors (Lipinski definition) is 1. The van der Waals surface area contributed by atoms with Gasteiger partial charge in [-0.2, -0.15) is 0 Å². The van der Waals surface area contributed by atoms with Crippen LogP contribution in [-0.4, -0.2) is 85.6 Å². The van der Waals surface area contributed by atoms with Crippen LogP contribution in [0.1, 0.15) is 32.1 Å². The molecule has 0 aliphatic carbocycles. The number of piperidine rings is 1. The van der Waals surface area contributed by atoms with Gasteiger partial charge in [-0.05, 0) is 45.3 Å². The topological polar surface area (TPSA) is 38.8 Å². The van der Waals surface area contributed by atoms with Crippen LogP contribution >= 0.6 is 0 Å². The van der Waals surface area contributed by atoms with E-state index in [-0.39, 0.29) is 0 Å². The molecule has 1 atom stereocenters. The highest BCUT2D eigenvalue weighted by atomic mass is 16.2. The van der Waals surface area contributed by atoms with Gasteiger partial charge in [0.1, 0.15) is 0 Å². The molecule has 3 aliphatic rings. The van der Waals surface area contributed by atoms with E-state index in [1.165, 1.54) is 51.9 Å². The summed E-state index contributed by atoms with van der Waals surface area (Å²) in [5, 5.41) is 3.30. The third-order valence-corrected chi connectivity index (χ3v) is 5.25.